The molecule has 3 heterocycles. The number of hydrogen-bond acceptors (Lipinski definition) is 5. The molecule has 1 amide bonds. The molecule has 1 aromatic heterocycles. The second-order valence-corrected chi connectivity index (χ2v) is 8.11. The molecule has 0 bridgehead atoms. The number of hydrogen-bond donors (Lipinski definition) is 0. The van der Waals surface area contributed by atoms with E-state index in [0.717, 1.165) is 38.1 Å². The zero-order valence-corrected chi connectivity index (χ0v) is 18.5. The smallest absolute Gasteiger partial charge is 0.353 e. The summed E-state index contributed by atoms with van der Waals surface area (Å²) in [6.07, 6.45) is 2.11. The van der Waals surface area contributed by atoms with Crippen LogP contribution in [0.4, 0.5) is 19.0 Å². The summed E-state index contributed by atoms with van der Waals surface area (Å²) in [7, 11) is 0. The van der Waals surface area contributed by atoms with Crippen LogP contribution >= 0.6 is 12.4 Å². The molecular formula is C22H27ClF3N5O. The van der Waals surface area contributed by atoms with E-state index in [0.29, 0.717) is 38.0 Å². The highest BCUT2D eigenvalue weighted by molar-refractivity contribution is 5.85. The zero-order chi connectivity index (χ0) is 21.8. The zero-order valence-electron chi connectivity index (χ0n) is 17.7. The molecule has 174 valence electrons. The third-order valence-corrected chi connectivity index (χ3v) is 6.14. The number of aromatic nitrogens is 2. The number of piperidine rings is 1. The molecule has 0 atom stereocenters. The van der Waals surface area contributed by atoms with Gasteiger partial charge < -0.3 is 9.80 Å². The van der Waals surface area contributed by atoms with E-state index in [1.807, 2.05) is 4.90 Å². The first kappa shape index (κ1) is 24.3. The van der Waals surface area contributed by atoms with E-state index in [4.69, 9.17) is 0 Å². The lowest BCUT2D eigenvalue weighted by Crippen LogP contribution is -2.51. The van der Waals surface area contributed by atoms with Crippen LogP contribution in [0.3, 0.4) is 0 Å². The van der Waals surface area contributed by atoms with Crippen molar-refractivity contribution in [3.63, 3.8) is 0 Å². The molecule has 0 aliphatic carbocycles. The number of carbonyl (C=O) groups is 1. The summed E-state index contributed by atoms with van der Waals surface area (Å²) < 4.78 is 38.9. The van der Waals surface area contributed by atoms with Crippen molar-refractivity contribution >= 4 is 24.1 Å². The minimum absolute atomic E-state index is 0. The Bertz CT molecular complexity index is 883. The lowest BCUT2D eigenvalue weighted by molar-refractivity contribution is -0.137. The Morgan fingerprint density at radius 1 is 1.03 bits per heavy atom. The van der Waals surface area contributed by atoms with Crippen LogP contribution in [0.25, 0.3) is 0 Å². The predicted molar refractivity (Wildman–Crippen MR) is 118 cm³/mol. The number of halogens is 4. The summed E-state index contributed by atoms with van der Waals surface area (Å²) in [5.41, 5.74) is 0.103. The Hall–Kier alpha value is -2.39. The predicted octanol–water partition coefficient (Wildman–Crippen LogP) is 3.45. The van der Waals surface area contributed by atoms with Gasteiger partial charge in [-0.25, -0.2) is 4.98 Å². The van der Waals surface area contributed by atoms with Gasteiger partial charge in [-0.3, -0.25) is 14.7 Å². The van der Waals surface area contributed by atoms with E-state index in [1.54, 1.807) is 24.7 Å². The molecule has 4 rings (SSSR count). The lowest BCUT2D eigenvalue weighted by atomic mass is 9.88. The highest BCUT2D eigenvalue weighted by Gasteiger charge is 2.32. The van der Waals surface area contributed by atoms with Crippen molar-refractivity contribution in [2.75, 3.05) is 50.7 Å². The first-order valence-corrected chi connectivity index (χ1v) is 10.6. The highest BCUT2D eigenvalue weighted by Crippen LogP contribution is 2.34. The van der Waals surface area contributed by atoms with Gasteiger partial charge in [0, 0.05) is 51.7 Å². The first-order chi connectivity index (χ1) is 14.9. The summed E-state index contributed by atoms with van der Waals surface area (Å²) in [6.45, 7) is 4.69. The van der Waals surface area contributed by atoms with E-state index in [9.17, 15) is 18.0 Å². The van der Waals surface area contributed by atoms with Gasteiger partial charge in [0.15, 0.2) is 0 Å². The molecule has 0 radical (unpaired) electrons. The maximum absolute atomic E-state index is 13.0. The molecule has 0 N–H and O–H groups in total. The van der Waals surface area contributed by atoms with Gasteiger partial charge in [0.2, 0.25) is 5.91 Å². The number of anilines is 1. The van der Waals surface area contributed by atoms with E-state index in [2.05, 4.69) is 19.8 Å². The standard InChI is InChI=1S/C22H26F3N5O.ClH/c23-22(24,25)19-3-1-2-18(14-19)17-4-8-30(9-5-17)21(31)16-28-10-12-29(13-11-28)20-15-26-6-7-27-20;/h1-3,6-7,14-15,17H,4-5,8-13,16H2;1H. The van der Waals surface area contributed by atoms with E-state index in [1.165, 1.54) is 12.1 Å². The Kier molecular flexibility index (Phi) is 7.95. The molecule has 2 fully saturated rings. The summed E-state index contributed by atoms with van der Waals surface area (Å²) in [6, 6.07) is 5.58. The Morgan fingerprint density at radius 3 is 2.38 bits per heavy atom. The number of carbonyl (C=O) groups excluding carboxylic acids is 1. The van der Waals surface area contributed by atoms with Crippen molar-refractivity contribution in [1.29, 1.82) is 0 Å². The molecule has 32 heavy (non-hydrogen) atoms. The average Bonchev–Trinajstić information content (AvgIpc) is 2.80. The number of piperazine rings is 1. The number of rotatable bonds is 4. The summed E-state index contributed by atoms with van der Waals surface area (Å²) >= 11 is 0. The van der Waals surface area contributed by atoms with Gasteiger partial charge in [0.05, 0.1) is 18.3 Å². The van der Waals surface area contributed by atoms with Crippen LogP contribution in [0.15, 0.2) is 42.9 Å². The van der Waals surface area contributed by atoms with Crippen molar-refractivity contribution in [3.05, 3.63) is 54.0 Å². The number of benzene rings is 1. The molecule has 1 aromatic carbocycles. The molecular weight excluding hydrogens is 443 g/mol. The summed E-state index contributed by atoms with van der Waals surface area (Å²) in [5.74, 6) is 1.00. The van der Waals surface area contributed by atoms with E-state index < -0.39 is 11.7 Å². The van der Waals surface area contributed by atoms with Crippen LogP contribution in [0.1, 0.15) is 29.9 Å². The molecule has 2 aromatic rings. The van der Waals surface area contributed by atoms with Crippen molar-refractivity contribution in [3.8, 4) is 0 Å². The highest BCUT2D eigenvalue weighted by atomic mass is 35.5. The van der Waals surface area contributed by atoms with Crippen molar-refractivity contribution in [1.82, 2.24) is 19.8 Å². The Morgan fingerprint density at radius 2 is 1.75 bits per heavy atom. The minimum Gasteiger partial charge on any atom is -0.353 e. The number of amides is 1. The molecule has 0 saturated carbocycles. The number of nitrogens with zero attached hydrogens (tertiary/aromatic N) is 5. The van der Waals surface area contributed by atoms with Gasteiger partial charge in [0.25, 0.3) is 0 Å². The summed E-state index contributed by atoms with van der Waals surface area (Å²) in [5, 5.41) is 0. The average molecular weight is 470 g/mol. The minimum atomic E-state index is -4.33. The first-order valence-electron chi connectivity index (χ1n) is 10.6. The molecule has 2 aliphatic rings. The van der Waals surface area contributed by atoms with Crippen LogP contribution in [0.2, 0.25) is 0 Å². The quantitative estimate of drug-likeness (QED) is 0.686. The third kappa shape index (κ3) is 5.89. The Balaban J connectivity index is 0.00000289. The second kappa shape index (κ2) is 10.5. The van der Waals surface area contributed by atoms with Crippen LogP contribution in [0, 0.1) is 0 Å². The van der Waals surface area contributed by atoms with Crippen LogP contribution in [-0.4, -0.2) is 71.5 Å². The fourth-order valence-corrected chi connectivity index (χ4v) is 4.31. The molecule has 2 aliphatic heterocycles. The van der Waals surface area contributed by atoms with Crippen molar-refractivity contribution in [2.24, 2.45) is 0 Å². The van der Waals surface area contributed by atoms with Gasteiger partial charge in [-0.15, -0.1) is 12.4 Å². The van der Waals surface area contributed by atoms with Gasteiger partial charge in [-0.05, 0) is 30.4 Å². The number of likely N-dealkylation sites (tertiary alicyclic amines) is 1. The second-order valence-electron chi connectivity index (χ2n) is 8.11. The van der Waals surface area contributed by atoms with Gasteiger partial charge in [0.1, 0.15) is 5.82 Å². The third-order valence-electron chi connectivity index (χ3n) is 6.14. The maximum atomic E-state index is 13.0. The summed E-state index contributed by atoms with van der Waals surface area (Å²) in [4.78, 5) is 27.3. The van der Waals surface area contributed by atoms with Gasteiger partial charge in [-0.1, -0.05) is 18.2 Å². The van der Waals surface area contributed by atoms with Crippen molar-refractivity contribution < 1.29 is 18.0 Å². The lowest BCUT2D eigenvalue weighted by Gasteiger charge is -2.37. The Labute approximate surface area is 191 Å². The van der Waals surface area contributed by atoms with Gasteiger partial charge >= 0.3 is 6.18 Å². The van der Waals surface area contributed by atoms with E-state index in [-0.39, 0.29) is 24.2 Å². The molecule has 0 spiro atoms. The normalized spacial score (nSPS) is 18.3. The van der Waals surface area contributed by atoms with Crippen LogP contribution in [0.5, 0.6) is 0 Å². The maximum Gasteiger partial charge on any atom is 0.416 e. The fourth-order valence-electron chi connectivity index (χ4n) is 4.31. The van der Waals surface area contributed by atoms with Gasteiger partial charge in [-0.2, -0.15) is 13.2 Å². The monoisotopic (exact) mass is 469 g/mol. The molecule has 2 saturated heterocycles. The largest absolute Gasteiger partial charge is 0.416 e. The van der Waals surface area contributed by atoms with Crippen LogP contribution in [-0.2, 0) is 11.0 Å². The van der Waals surface area contributed by atoms with Crippen molar-refractivity contribution in [2.45, 2.75) is 24.9 Å². The molecule has 6 nitrogen and oxygen atoms in total. The molecule has 10 heteroatoms. The number of alkyl halides is 3. The van der Waals surface area contributed by atoms with Crippen LogP contribution < -0.4 is 4.90 Å². The fraction of sp³-hybridized carbons (Fsp3) is 0.500. The SMILES string of the molecule is Cl.O=C(CN1CCN(c2cnccn2)CC1)N1CCC(c2cccc(C(F)(F)F)c2)CC1. The topological polar surface area (TPSA) is 52.6 Å². The van der Waals surface area contributed by atoms with E-state index >= 15 is 0 Å². The molecule has 0 unspecified atom stereocenters.